The molecule has 5 nitrogen and oxygen atoms in total. The van der Waals surface area contributed by atoms with E-state index in [1.165, 1.54) is 10.4 Å². The first-order valence-electron chi connectivity index (χ1n) is 11.8. The Morgan fingerprint density at radius 2 is 1.79 bits per heavy atom. The summed E-state index contributed by atoms with van der Waals surface area (Å²) in [7, 11) is 0. The molecular weight excluding hydrogens is 444 g/mol. The minimum Gasteiger partial charge on any atom is -0.367 e. The minimum atomic E-state index is -0.167. The molecule has 34 heavy (non-hydrogen) atoms. The highest BCUT2D eigenvalue weighted by Crippen LogP contribution is 2.39. The molecule has 1 aliphatic rings. The van der Waals surface area contributed by atoms with Crippen molar-refractivity contribution >= 4 is 23.2 Å². The van der Waals surface area contributed by atoms with Crippen molar-refractivity contribution in [2.24, 2.45) is 0 Å². The lowest BCUT2D eigenvalue weighted by atomic mass is 9.90. The van der Waals surface area contributed by atoms with Gasteiger partial charge in [-0.1, -0.05) is 54.6 Å². The van der Waals surface area contributed by atoms with Crippen LogP contribution >= 0.6 is 11.3 Å². The van der Waals surface area contributed by atoms with Gasteiger partial charge in [-0.15, -0.1) is 11.3 Å². The van der Waals surface area contributed by atoms with Crippen molar-refractivity contribution in [2.75, 3.05) is 19.7 Å². The van der Waals surface area contributed by atoms with E-state index in [-0.39, 0.29) is 37.0 Å². The summed E-state index contributed by atoms with van der Waals surface area (Å²) in [5, 5.41) is 2.11. The van der Waals surface area contributed by atoms with E-state index in [0.717, 1.165) is 23.1 Å². The summed E-state index contributed by atoms with van der Waals surface area (Å²) in [6, 6.07) is 19.9. The fourth-order valence-corrected chi connectivity index (χ4v) is 5.43. The molecule has 0 spiro atoms. The van der Waals surface area contributed by atoms with E-state index < -0.39 is 0 Å². The molecule has 0 radical (unpaired) electrons. The Morgan fingerprint density at radius 3 is 2.53 bits per heavy atom. The number of amides is 2. The standard InChI is InChI=1S/C28H32N2O3S/c1-20(2)30(27(32)19-33-18-22-10-5-4-6-11-22)17-26(31)29-15-13-25-24(14-16-34-25)28(29)23-12-8-7-9-21(23)3/h4-12,14,16,20,28H,13,15,17-19H2,1-3H3. The molecule has 4 rings (SSSR count). The monoisotopic (exact) mass is 476 g/mol. The zero-order chi connectivity index (χ0) is 24.1. The maximum atomic E-state index is 13.6. The van der Waals surface area contributed by atoms with Crippen molar-refractivity contribution < 1.29 is 14.3 Å². The predicted molar refractivity (Wildman–Crippen MR) is 136 cm³/mol. The van der Waals surface area contributed by atoms with Crippen LogP contribution in [0.15, 0.2) is 66.0 Å². The van der Waals surface area contributed by atoms with Crippen LogP contribution in [-0.2, 0) is 27.4 Å². The van der Waals surface area contributed by atoms with E-state index in [1.54, 1.807) is 16.2 Å². The van der Waals surface area contributed by atoms with E-state index in [1.807, 2.05) is 61.2 Å². The molecular formula is C28H32N2O3S. The summed E-state index contributed by atoms with van der Waals surface area (Å²) < 4.78 is 5.67. The summed E-state index contributed by atoms with van der Waals surface area (Å²) in [4.78, 5) is 31.5. The van der Waals surface area contributed by atoms with Crippen LogP contribution in [0.5, 0.6) is 0 Å². The SMILES string of the molecule is Cc1ccccc1C1c2ccsc2CCN1C(=O)CN(C(=O)COCc1ccccc1)C(C)C. The third-order valence-corrected chi connectivity index (χ3v) is 7.35. The van der Waals surface area contributed by atoms with Gasteiger partial charge in [0.25, 0.3) is 0 Å². The number of aryl methyl sites for hydroxylation is 1. The fourth-order valence-electron chi connectivity index (χ4n) is 4.52. The molecule has 1 unspecified atom stereocenters. The predicted octanol–water partition coefficient (Wildman–Crippen LogP) is 4.98. The molecule has 0 aliphatic carbocycles. The Labute approximate surface area is 206 Å². The molecule has 6 heteroatoms. The molecule has 0 saturated heterocycles. The maximum Gasteiger partial charge on any atom is 0.249 e. The summed E-state index contributed by atoms with van der Waals surface area (Å²) in [6.45, 7) is 6.99. The van der Waals surface area contributed by atoms with Gasteiger partial charge in [0, 0.05) is 17.5 Å². The maximum absolute atomic E-state index is 13.6. The Kier molecular flexibility index (Phi) is 7.80. The summed E-state index contributed by atoms with van der Waals surface area (Å²) >= 11 is 1.76. The Morgan fingerprint density at radius 1 is 1.06 bits per heavy atom. The molecule has 1 atom stereocenters. The molecule has 0 saturated carbocycles. The Hall–Kier alpha value is -2.96. The molecule has 2 amide bonds. The molecule has 3 aromatic rings. The molecule has 178 valence electrons. The Balaban J connectivity index is 1.48. The normalized spacial score (nSPS) is 15.3. The van der Waals surface area contributed by atoms with Crippen LogP contribution in [0.4, 0.5) is 0 Å². The number of hydrogen-bond acceptors (Lipinski definition) is 4. The van der Waals surface area contributed by atoms with E-state index in [4.69, 9.17) is 4.74 Å². The van der Waals surface area contributed by atoms with Gasteiger partial charge in [0.2, 0.25) is 11.8 Å². The summed E-state index contributed by atoms with van der Waals surface area (Å²) in [6.07, 6.45) is 0.844. The van der Waals surface area contributed by atoms with Crippen LogP contribution in [0.25, 0.3) is 0 Å². The average Bonchev–Trinajstić information content (AvgIpc) is 3.31. The quantitative estimate of drug-likeness (QED) is 0.461. The lowest BCUT2D eigenvalue weighted by molar-refractivity contribution is -0.146. The topological polar surface area (TPSA) is 49.9 Å². The van der Waals surface area contributed by atoms with E-state index in [2.05, 4.69) is 30.5 Å². The average molecular weight is 477 g/mol. The van der Waals surface area contributed by atoms with Gasteiger partial charge >= 0.3 is 0 Å². The largest absolute Gasteiger partial charge is 0.367 e. The number of rotatable bonds is 8. The van der Waals surface area contributed by atoms with Crippen LogP contribution in [0.1, 0.15) is 47.0 Å². The van der Waals surface area contributed by atoms with Gasteiger partial charge in [0.1, 0.15) is 13.2 Å². The zero-order valence-electron chi connectivity index (χ0n) is 20.1. The zero-order valence-corrected chi connectivity index (χ0v) is 20.9. The summed E-state index contributed by atoms with van der Waals surface area (Å²) in [5.74, 6) is -0.199. The van der Waals surface area contributed by atoms with Crippen LogP contribution in [0.2, 0.25) is 0 Å². The van der Waals surface area contributed by atoms with Crippen LogP contribution in [0.3, 0.4) is 0 Å². The van der Waals surface area contributed by atoms with Gasteiger partial charge in [0.15, 0.2) is 0 Å². The molecule has 0 fully saturated rings. The van der Waals surface area contributed by atoms with Crippen molar-refractivity contribution in [1.29, 1.82) is 0 Å². The van der Waals surface area contributed by atoms with Crippen LogP contribution in [-0.4, -0.2) is 47.4 Å². The number of benzene rings is 2. The van der Waals surface area contributed by atoms with Crippen LogP contribution in [0, 0.1) is 6.92 Å². The highest BCUT2D eigenvalue weighted by molar-refractivity contribution is 7.10. The van der Waals surface area contributed by atoms with Gasteiger partial charge < -0.3 is 14.5 Å². The number of carbonyl (C=O) groups excluding carboxylic acids is 2. The lowest BCUT2D eigenvalue weighted by Gasteiger charge is -2.38. The number of nitrogens with zero attached hydrogens (tertiary/aromatic N) is 2. The second-order valence-electron chi connectivity index (χ2n) is 8.99. The van der Waals surface area contributed by atoms with Gasteiger partial charge in [0.05, 0.1) is 12.6 Å². The second kappa shape index (κ2) is 11.0. The molecule has 2 heterocycles. The smallest absolute Gasteiger partial charge is 0.249 e. The third-order valence-electron chi connectivity index (χ3n) is 6.36. The number of carbonyl (C=O) groups is 2. The first-order valence-corrected chi connectivity index (χ1v) is 12.7. The van der Waals surface area contributed by atoms with Crippen molar-refractivity contribution in [1.82, 2.24) is 9.80 Å². The third kappa shape index (κ3) is 5.40. The fraction of sp³-hybridized carbons (Fsp3) is 0.357. The van der Waals surface area contributed by atoms with Crippen molar-refractivity contribution in [2.45, 2.75) is 45.9 Å². The number of hydrogen-bond donors (Lipinski definition) is 0. The summed E-state index contributed by atoms with van der Waals surface area (Å²) in [5.41, 5.74) is 4.52. The van der Waals surface area contributed by atoms with Gasteiger partial charge in [-0.25, -0.2) is 0 Å². The number of ether oxygens (including phenoxy) is 1. The molecule has 1 aliphatic heterocycles. The molecule has 2 aromatic carbocycles. The van der Waals surface area contributed by atoms with Gasteiger partial charge in [-0.2, -0.15) is 0 Å². The van der Waals surface area contributed by atoms with Gasteiger partial charge in [-0.3, -0.25) is 9.59 Å². The number of thiophene rings is 1. The first kappa shape index (κ1) is 24.2. The first-order chi connectivity index (χ1) is 16.5. The van der Waals surface area contributed by atoms with Crippen molar-refractivity contribution in [3.05, 3.63) is 93.2 Å². The number of fused-ring (bicyclic) bond motifs is 1. The molecule has 0 bridgehead atoms. The van der Waals surface area contributed by atoms with E-state index >= 15 is 0 Å². The highest BCUT2D eigenvalue weighted by Gasteiger charge is 2.35. The van der Waals surface area contributed by atoms with Gasteiger partial charge in [-0.05, 0) is 60.9 Å². The lowest BCUT2D eigenvalue weighted by Crippen LogP contribution is -2.49. The van der Waals surface area contributed by atoms with Crippen molar-refractivity contribution in [3.63, 3.8) is 0 Å². The van der Waals surface area contributed by atoms with Crippen molar-refractivity contribution in [3.8, 4) is 0 Å². The van der Waals surface area contributed by atoms with Crippen LogP contribution < -0.4 is 0 Å². The molecule has 1 aromatic heterocycles. The van der Waals surface area contributed by atoms with E-state index in [9.17, 15) is 9.59 Å². The minimum absolute atomic E-state index is 0.0322. The Bertz CT molecular complexity index is 1130. The highest BCUT2D eigenvalue weighted by atomic mass is 32.1. The molecule has 0 N–H and O–H groups in total. The van der Waals surface area contributed by atoms with E-state index in [0.29, 0.717) is 13.2 Å². The second-order valence-corrected chi connectivity index (χ2v) is 9.99.